The number of H-pyrrole nitrogens is 1. The van der Waals surface area contributed by atoms with E-state index in [0.717, 1.165) is 78.1 Å². The van der Waals surface area contributed by atoms with Crippen LogP contribution in [0.5, 0.6) is 11.5 Å². The van der Waals surface area contributed by atoms with Gasteiger partial charge in [-0.1, -0.05) is 31.0 Å². The molecule has 0 spiro atoms. The van der Waals surface area contributed by atoms with Crippen molar-refractivity contribution in [3.8, 4) is 11.5 Å². The summed E-state index contributed by atoms with van der Waals surface area (Å²) in [4.78, 5) is 11.4. The fourth-order valence-electron chi connectivity index (χ4n) is 6.21. The summed E-state index contributed by atoms with van der Waals surface area (Å²) in [6.45, 7) is 5.81. The van der Waals surface area contributed by atoms with E-state index in [2.05, 4.69) is 48.2 Å². The molecule has 9 heteroatoms. The molecule has 0 radical (unpaired) electrons. The Kier molecular flexibility index (Phi) is 6.56. The number of aromatic nitrogens is 4. The van der Waals surface area contributed by atoms with Crippen LogP contribution in [0.25, 0.3) is 10.9 Å². The summed E-state index contributed by atoms with van der Waals surface area (Å²) in [5.74, 6) is 4.72. The Morgan fingerprint density at radius 1 is 1.08 bits per heavy atom. The van der Waals surface area contributed by atoms with E-state index < -0.39 is 0 Å². The van der Waals surface area contributed by atoms with E-state index in [1.807, 2.05) is 42.8 Å². The molecule has 0 amide bonds. The third-order valence-corrected chi connectivity index (χ3v) is 9.35. The van der Waals surface area contributed by atoms with Gasteiger partial charge in [0.05, 0.1) is 23.3 Å². The van der Waals surface area contributed by atoms with Crippen LogP contribution in [0.1, 0.15) is 49.4 Å². The zero-order chi connectivity index (χ0) is 26.2. The number of thioether (sulfide) groups is 1. The summed E-state index contributed by atoms with van der Waals surface area (Å²) >= 11 is 1.80. The van der Waals surface area contributed by atoms with Crippen molar-refractivity contribution in [3.05, 3.63) is 65.9 Å². The SMILES string of the molecule is Cc1nnc2n1CCN(CC[C@]1(c3cc4cc(Oc5ccccc5)cc(NC5CCCC5)c4[nH]3)CSC=N1)C2. The van der Waals surface area contributed by atoms with Crippen LogP contribution in [0.15, 0.2) is 53.5 Å². The molecule has 1 aliphatic carbocycles. The van der Waals surface area contributed by atoms with Gasteiger partial charge in [0.15, 0.2) is 0 Å². The monoisotopic (exact) mass is 541 g/mol. The van der Waals surface area contributed by atoms with Gasteiger partial charge in [-0.05, 0) is 50.5 Å². The molecular formula is C30H35N7OS. The van der Waals surface area contributed by atoms with E-state index in [9.17, 15) is 0 Å². The highest BCUT2D eigenvalue weighted by atomic mass is 32.2. The summed E-state index contributed by atoms with van der Waals surface area (Å²) in [6, 6.07) is 17.1. The fourth-order valence-corrected chi connectivity index (χ4v) is 7.21. The van der Waals surface area contributed by atoms with Crippen LogP contribution in [0.2, 0.25) is 0 Å². The molecule has 8 nitrogen and oxygen atoms in total. The molecular weight excluding hydrogens is 506 g/mol. The molecule has 1 saturated carbocycles. The van der Waals surface area contributed by atoms with E-state index >= 15 is 0 Å². The van der Waals surface area contributed by atoms with E-state index in [1.54, 1.807) is 11.8 Å². The average molecular weight is 542 g/mol. The van der Waals surface area contributed by atoms with Gasteiger partial charge in [-0.25, -0.2) is 0 Å². The van der Waals surface area contributed by atoms with Gasteiger partial charge < -0.3 is 19.6 Å². The molecule has 2 aliphatic heterocycles. The van der Waals surface area contributed by atoms with E-state index in [1.165, 1.54) is 31.4 Å². The Morgan fingerprint density at radius 2 is 1.95 bits per heavy atom. The van der Waals surface area contributed by atoms with Crippen molar-refractivity contribution in [1.29, 1.82) is 0 Å². The Balaban J connectivity index is 1.18. The van der Waals surface area contributed by atoms with E-state index in [4.69, 9.17) is 9.73 Å². The summed E-state index contributed by atoms with van der Waals surface area (Å²) < 4.78 is 8.54. The zero-order valence-electron chi connectivity index (χ0n) is 22.4. The number of aryl methyl sites for hydroxylation is 1. The minimum Gasteiger partial charge on any atom is -0.457 e. The number of fused-ring (bicyclic) bond motifs is 2. The number of benzene rings is 2. The molecule has 4 aromatic rings. The van der Waals surface area contributed by atoms with Gasteiger partial charge in [0, 0.05) is 48.6 Å². The van der Waals surface area contributed by atoms with Gasteiger partial charge in [-0.3, -0.25) is 9.89 Å². The lowest BCUT2D eigenvalue weighted by Crippen LogP contribution is -2.38. The number of hydrogen-bond donors (Lipinski definition) is 2. The fraction of sp³-hybridized carbons (Fsp3) is 0.433. The Labute approximate surface area is 233 Å². The van der Waals surface area contributed by atoms with Crippen molar-refractivity contribution in [2.24, 2.45) is 4.99 Å². The second-order valence-electron chi connectivity index (χ2n) is 11.1. The van der Waals surface area contributed by atoms with Crippen molar-refractivity contribution in [2.45, 2.75) is 63.7 Å². The minimum atomic E-state index is -0.268. The average Bonchev–Trinajstić information content (AvgIpc) is 3.76. The van der Waals surface area contributed by atoms with Crippen LogP contribution in [-0.4, -0.2) is 55.1 Å². The minimum absolute atomic E-state index is 0.268. The molecule has 3 aliphatic rings. The number of aliphatic imine (C=N–C) groups is 1. The molecule has 2 aromatic heterocycles. The lowest BCUT2D eigenvalue weighted by Gasteiger charge is -2.31. The molecule has 0 saturated heterocycles. The zero-order valence-corrected chi connectivity index (χ0v) is 23.2. The number of aromatic amines is 1. The topological polar surface area (TPSA) is 83.4 Å². The summed E-state index contributed by atoms with van der Waals surface area (Å²) in [5.41, 5.74) is 5.21. The summed E-state index contributed by atoms with van der Waals surface area (Å²) in [5, 5.41) is 13.7. The number of rotatable bonds is 8. The maximum atomic E-state index is 6.30. The number of para-hydroxylation sites is 1. The van der Waals surface area contributed by atoms with Crippen LogP contribution in [0, 0.1) is 6.92 Å². The molecule has 4 heterocycles. The highest BCUT2D eigenvalue weighted by Crippen LogP contribution is 2.41. The number of ether oxygens (including phenoxy) is 1. The van der Waals surface area contributed by atoms with Crippen molar-refractivity contribution >= 4 is 33.9 Å². The molecule has 202 valence electrons. The van der Waals surface area contributed by atoms with Gasteiger partial charge in [-0.2, -0.15) is 0 Å². The number of nitrogens with one attached hydrogen (secondary N) is 2. The first-order valence-electron chi connectivity index (χ1n) is 14.1. The van der Waals surface area contributed by atoms with Gasteiger partial charge in [0.2, 0.25) is 0 Å². The number of hydrogen-bond acceptors (Lipinski definition) is 7. The second kappa shape index (κ2) is 10.4. The predicted octanol–water partition coefficient (Wildman–Crippen LogP) is 6.09. The molecule has 39 heavy (non-hydrogen) atoms. The Morgan fingerprint density at radius 3 is 2.77 bits per heavy atom. The van der Waals surface area contributed by atoms with Crippen LogP contribution in [0.3, 0.4) is 0 Å². The second-order valence-corrected chi connectivity index (χ2v) is 11.9. The first-order chi connectivity index (χ1) is 19.1. The third kappa shape index (κ3) is 4.94. The molecule has 1 atom stereocenters. The number of anilines is 1. The standard InChI is InChI=1S/C30H35N7OS/c1-21-34-35-28-18-36(13-14-37(21)28)12-11-30(19-39-20-31-30)27-16-22-15-25(38-24-9-3-2-4-10-24)17-26(29(22)33-27)32-23-7-5-6-8-23/h2-4,9-10,15-17,20,23,32-33H,5-8,11-14,18-19H2,1H3/t30-/m1/s1. The largest absolute Gasteiger partial charge is 0.457 e. The van der Waals surface area contributed by atoms with Crippen molar-refractivity contribution in [3.63, 3.8) is 0 Å². The maximum absolute atomic E-state index is 6.30. The summed E-state index contributed by atoms with van der Waals surface area (Å²) in [6.07, 6.45) is 5.96. The Hall–Kier alpha value is -3.30. The van der Waals surface area contributed by atoms with Crippen LogP contribution in [0.4, 0.5) is 5.69 Å². The smallest absolute Gasteiger partial charge is 0.147 e. The lowest BCUT2D eigenvalue weighted by atomic mass is 9.93. The lowest BCUT2D eigenvalue weighted by molar-refractivity contribution is 0.197. The summed E-state index contributed by atoms with van der Waals surface area (Å²) in [7, 11) is 0. The maximum Gasteiger partial charge on any atom is 0.147 e. The highest BCUT2D eigenvalue weighted by Gasteiger charge is 2.37. The first kappa shape index (κ1) is 24.7. The van der Waals surface area contributed by atoms with Gasteiger partial charge in [0.1, 0.15) is 28.7 Å². The molecule has 7 rings (SSSR count). The van der Waals surface area contributed by atoms with Crippen molar-refractivity contribution < 1.29 is 4.74 Å². The highest BCUT2D eigenvalue weighted by molar-refractivity contribution is 8.12. The first-order valence-corrected chi connectivity index (χ1v) is 15.1. The predicted molar refractivity (Wildman–Crippen MR) is 158 cm³/mol. The quantitative estimate of drug-likeness (QED) is 0.281. The molecule has 0 bridgehead atoms. The Bertz CT molecular complexity index is 1490. The third-order valence-electron chi connectivity index (χ3n) is 8.45. The van der Waals surface area contributed by atoms with Gasteiger partial charge >= 0.3 is 0 Å². The van der Waals surface area contributed by atoms with Gasteiger partial charge in [0.25, 0.3) is 0 Å². The van der Waals surface area contributed by atoms with Gasteiger partial charge in [-0.15, -0.1) is 22.0 Å². The molecule has 0 unspecified atom stereocenters. The van der Waals surface area contributed by atoms with Crippen molar-refractivity contribution in [2.75, 3.05) is 24.2 Å². The molecule has 2 N–H and O–H groups in total. The van der Waals surface area contributed by atoms with Crippen LogP contribution < -0.4 is 10.1 Å². The molecule has 1 fully saturated rings. The van der Waals surface area contributed by atoms with E-state index in [-0.39, 0.29) is 5.54 Å². The van der Waals surface area contributed by atoms with E-state index in [0.29, 0.717) is 6.04 Å². The van der Waals surface area contributed by atoms with Crippen LogP contribution in [-0.2, 0) is 18.6 Å². The normalized spacial score (nSPS) is 21.6. The van der Waals surface area contributed by atoms with Crippen LogP contribution >= 0.6 is 11.8 Å². The molecule has 2 aromatic carbocycles. The number of nitrogens with zero attached hydrogens (tertiary/aromatic N) is 5. The van der Waals surface area contributed by atoms with Crippen molar-refractivity contribution in [1.82, 2.24) is 24.6 Å².